The number of fused-ring (bicyclic) bond motifs is 1. The van der Waals surface area contributed by atoms with Crippen LogP contribution in [0.4, 0.5) is 0 Å². The molecule has 2 aromatic rings. The summed E-state index contributed by atoms with van der Waals surface area (Å²) in [6.45, 7) is 0. The summed E-state index contributed by atoms with van der Waals surface area (Å²) in [5.74, 6) is 0. The molecule has 0 bridgehead atoms. The first-order valence-electron chi connectivity index (χ1n) is 6.33. The van der Waals surface area contributed by atoms with E-state index in [4.69, 9.17) is 0 Å². The van der Waals surface area contributed by atoms with Gasteiger partial charge in [-0.25, -0.2) is 15.0 Å². The summed E-state index contributed by atoms with van der Waals surface area (Å²) in [6, 6.07) is 0. The molecule has 0 saturated heterocycles. The summed E-state index contributed by atoms with van der Waals surface area (Å²) < 4.78 is 0. The van der Waals surface area contributed by atoms with Gasteiger partial charge in [0.05, 0.1) is 12.4 Å². The Balaban J connectivity index is 1.84. The molecule has 5 nitrogen and oxygen atoms in total. The highest BCUT2D eigenvalue weighted by molar-refractivity contribution is 8.00. The molecule has 2 unspecified atom stereocenters. The summed E-state index contributed by atoms with van der Waals surface area (Å²) in [5, 5.41) is 11.3. The predicted octanol–water partition coefficient (Wildman–Crippen LogP) is 2.14. The molecule has 1 fully saturated rings. The number of nitrogens with one attached hydrogen (secondary N) is 1. The Morgan fingerprint density at radius 1 is 1.17 bits per heavy atom. The van der Waals surface area contributed by atoms with E-state index in [1.54, 1.807) is 18.1 Å². The van der Waals surface area contributed by atoms with Gasteiger partial charge in [-0.05, 0) is 12.8 Å². The van der Waals surface area contributed by atoms with Crippen LogP contribution in [0.25, 0.3) is 11.2 Å². The number of hydrogen-bond acceptors (Lipinski definition) is 5. The average molecular weight is 264 g/mol. The highest BCUT2D eigenvalue weighted by Gasteiger charge is 2.24. The normalized spacial score (nSPS) is 25.2. The van der Waals surface area contributed by atoms with E-state index >= 15 is 0 Å². The van der Waals surface area contributed by atoms with E-state index in [2.05, 4.69) is 19.9 Å². The molecule has 1 aliphatic rings. The molecule has 2 aromatic heterocycles. The lowest BCUT2D eigenvalue weighted by molar-refractivity contribution is 0.163. The lowest BCUT2D eigenvalue weighted by atomic mass is 10.1. The maximum Gasteiger partial charge on any atom is 0.181 e. The molecular formula is C12H16N4OS. The van der Waals surface area contributed by atoms with Crippen LogP contribution >= 0.6 is 11.8 Å². The summed E-state index contributed by atoms with van der Waals surface area (Å²) >= 11 is 1.65. The Bertz CT molecular complexity index is 530. The van der Waals surface area contributed by atoms with Gasteiger partial charge in [0.25, 0.3) is 0 Å². The topological polar surface area (TPSA) is 74.7 Å². The minimum atomic E-state index is -0.231. The van der Waals surface area contributed by atoms with E-state index in [0.29, 0.717) is 5.65 Å². The van der Waals surface area contributed by atoms with Crippen LogP contribution in [-0.4, -0.2) is 36.4 Å². The summed E-state index contributed by atoms with van der Waals surface area (Å²) in [5.41, 5.74) is 1.56. The summed E-state index contributed by atoms with van der Waals surface area (Å²) in [7, 11) is 0. The average Bonchev–Trinajstić information content (AvgIpc) is 2.77. The van der Waals surface area contributed by atoms with Gasteiger partial charge in [0, 0.05) is 5.25 Å². The van der Waals surface area contributed by atoms with Crippen LogP contribution in [-0.2, 0) is 0 Å². The quantitative estimate of drug-likeness (QED) is 0.642. The van der Waals surface area contributed by atoms with Crippen molar-refractivity contribution in [1.82, 2.24) is 19.9 Å². The standard InChI is InChI=1S/C12H16N4OS/c17-8-4-2-1-3-5-9(8)18-12-10-11(14-6-13-10)15-7-16-12/h6-9,17H,1-5H2,(H,13,14,15,16). The van der Waals surface area contributed by atoms with Gasteiger partial charge in [-0.15, -0.1) is 0 Å². The highest BCUT2D eigenvalue weighted by atomic mass is 32.2. The molecule has 0 aromatic carbocycles. The molecule has 0 amide bonds. The number of H-pyrrole nitrogens is 1. The van der Waals surface area contributed by atoms with Gasteiger partial charge in [-0.3, -0.25) is 0 Å². The van der Waals surface area contributed by atoms with E-state index in [-0.39, 0.29) is 11.4 Å². The van der Waals surface area contributed by atoms with Gasteiger partial charge in [-0.1, -0.05) is 31.0 Å². The molecule has 2 atom stereocenters. The van der Waals surface area contributed by atoms with Crippen LogP contribution in [0.3, 0.4) is 0 Å². The van der Waals surface area contributed by atoms with E-state index in [1.165, 1.54) is 19.2 Å². The summed E-state index contributed by atoms with van der Waals surface area (Å²) in [6.07, 6.45) is 8.41. The fraction of sp³-hybridized carbons (Fsp3) is 0.583. The van der Waals surface area contributed by atoms with Crippen LogP contribution in [0.2, 0.25) is 0 Å². The third-order valence-electron chi connectivity index (χ3n) is 3.37. The van der Waals surface area contributed by atoms with E-state index in [0.717, 1.165) is 29.8 Å². The Morgan fingerprint density at radius 3 is 3.00 bits per heavy atom. The Hall–Kier alpha value is -1.14. The number of aliphatic hydroxyl groups excluding tert-OH is 1. The summed E-state index contributed by atoms with van der Waals surface area (Å²) in [4.78, 5) is 15.6. The molecule has 1 aliphatic carbocycles. The fourth-order valence-electron chi connectivity index (χ4n) is 2.37. The number of imidazole rings is 1. The van der Waals surface area contributed by atoms with Crippen molar-refractivity contribution in [3.8, 4) is 0 Å². The largest absolute Gasteiger partial charge is 0.392 e. The minimum Gasteiger partial charge on any atom is -0.392 e. The molecule has 6 heteroatoms. The Morgan fingerprint density at radius 2 is 2.06 bits per heavy atom. The van der Waals surface area contributed by atoms with E-state index in [1.807, 2.05) is 0 Å². The lowest BCUT2D eigenvalue weighted by Crippen LogP contribution is -2.21. The van der Waals surface area contributed by atoms with Crippen molar-refractivity contribution in [2.75, 3.05) is 0 Å². The zero-order valence-electron chi connectivity index (χ0n) is 10.0. The number of hydrogen-bond donors (Lipinski definition) is 2. The van der Waals surface area contributed by atoms with Gasteiger partial charge >= 0.3 is 0 Å². The molecular weight excluding hydrogens is 248 g/mol. The van der Waals surface area contributed by atoms with Crippen molar-refractivity contribution >= 4 is 22.9 Å². The predicted molar refractivity (Wildman–Crippen MR) is 70.4 cm³/mol. The lowest BCUT2D eigenvalue weighted by Gasteiger charge is -2.19. The Kier molecular flexibility index (Phi) is 3.47. The van der Waals surface area contributed by atoms with Crippen LogP contribution in [0.5, 0.6) is 0 Å². The van der Waals surface area contributed by atoms with Crippen molar-refractivity contribution in [3.05, 3.63) is 12.7 Å². The van der Waals surface area contributed by atoms with Crippen LogP contribution < -0.4 is 0 Å². The molecule has 0 spiro atoms. The number of aromatic amines is 1. The monoisotopic (exact) mass is 264 g/mol. The maximum atomic E-state index is 10.1. The van der Waals surface area contributed by atoms with E-state index in [9.17, 15) is 5.11 Å². The Labute approximate surface area is 109 Å². The maximum absolute atomic E-state index is 10.1. The van der Waals surface area contributed by atoms with Crippen molar-refractivity contribution < 1.29 is 5.11 Å². The van der Waals surface area contributed by atoms with Crippen LogP contribution in [0.15, 0.2) is 17.7 Å². The fourth-order valence-corrected chi connectivity index (χ4v) is 3.61. The van der Waals surface area contributed by atoms with Gasteiger partial charge in [0.2, 0.25) is 0 Å². The smallest absolute Gasteiger partial charge is 0.181 e. The molecule has 1 saturated carbocycles. The van der Waals surface area contributed by atoms with Crippen molar-refractivity contribution in [1.29, 1.82) is 0 Å². The molecule has 0 radical (unpaired) electrons. The van der Waals surface area contributed by atoms with Gasteiger partial charge in [-0.2, -0.15) is 0 Å². The van der Waals surface area contributed by atoms with Crippen LogP contribution in [0.1, 0.15) is 32.1 Å². The first kappa shape index (κ1) is 11.9. The molecule has 96 valence electrons. The first-order chi connectivity index (χ1) is 8.84. The van der Waals surface area contributed by atoms with Crippen LogP contribution in [0, 0.1) is 0 Å². The number of rotatable bonds is 2. The molecule has 18 heavy (non-hydrogen) atoms. The molecule has 2 heterocycles. The van der Waals surface area contributed by atoms with Crippen molar-refractivity contribution in [2.24, 2.45) is 0 Å². The number of thioether (sulfide) groups is 1. The first-order valence-corrected chi connectivity index (χ1v) is 7.21. The minimum absolute atomic E-state index is 0.230. The zero-order valence-corrected chi connectivity index (χ0v) is 10.9. The second kappa shape index (κ2) is 5.24. The van der Waals surface area contributed by atoms with Crippen molar-refractivity contribution in [2.45, 2.75) is 48.5 Å². The molecule has 3 rings (SSSR count). The van der Waals surface area contributed by atoms with Crippen molar-refractivity contribution in [3.63, 3.8) is 0 Å². The van der Waals surface area contributed by atoms with E-state index < -0.39 is 0 Å². The number of aliphatic hydroxyl groups is 1. The molecule has 0 aliphatic heterocycles. The molecule has 2 N–H and O–H groups in total. The number of aromatic nitrogens is 4. The van der Waals surface area contributed by atoms with Gasteiger partial charge in [0.15, 0.2) is 5.65 Å². The second-order valence-corrected chi connectivity index (χ2v) is 5.87. The third kappa shape index (κ3) is 2.35. The zero-order chi connectivity index (χ0) is 12.4. The van der Waals surface area contributed by atoms with Gasteiger partial charge < -0.3 is 10.1 Å². The SMILES string of the molecule is OC1CCCCCC1Sc1ncnc2nc[nH]c12. The second-order valence-electron chi connectivity index (χ2n) is 4.64. The highest BCUT2D eigenvalue weighted by Crippen LogP contribution is 2.34. The number of nitrogens with zero attached hydrogens (tertiary/aromatic N) is 3. The van der Waals surface area contributed by atoms with Gasteiger partial charge in [0.1, 0.15) is 16.9 Å². The third-order valence-corrected chi connectivity index (χ3v) is 4.75.